The largest absolute Gasteiger partial charge is 0.418 e. The van der Waals surface area contributed by atoms with Crippen molar-refractivity contribution in [2.45, 2.75) is 6.18 Å². The van der Waals surface area contributed by atoms with Crippen LogP contribution in [0.15, 0.2) is 12.4 Å². The highest BCUT2D eigenvalue weighted by Crippen LogP contribution is 2.33. The molecule has 0 aromatic carbocycles. The third-order valence-electron chi connectivity index (χ3n) is 1.57. The molecule has 0 unspecified atom stereocenters. The van der Waals surface area contributed by atoms with Crippen LogP contribution in [-0.2, 0) is 6.18 Å². The van der Waals surface area contributed by atoms with Crippen molar-refractivity contribution in [3.8, 4) is 6.07 Å². The van der Waals surface area contributed by atoms with Crippen LogP contribution < -0.4 is 0 Å². The van der Waals surface area contributed by atoms with E-state index < -0.39 is 28.1 Å². The second-order valence-electron chi connectivity index (χ2n) is 2.49. The van der Waals surface area contributed by atoms with Crippen molar-refractivity contribution in [1.29, 1.82) is 5.26 Å². The number of hydrogen-bond donors (Lipinski definition) is 0. The number of hydrogen-bond acceptors (Lipinski definition) is 3. The van der Waals surface area contributed by atoms with Gasteiger partial charge in [0.1, 0.15) is 6.07 Å². The van der Waals surface area contributed by atoms with Gasteiger partial charge >= 0.3 is 6.18 Å². The monoisotopic (exact) mass is 234 g/mol. The lowest BCUT2D eigenvalue weighted by atomic mass is 10.1. The summed E-state index contributed by atoms with van der Waals surface area (Å²) in [5.74, 6) is 0. The van der Waals surface area contributed by atoms with E-state index in [1.807, 2.05) is 0 Å². The molecule has 0 atom stereocenters. The van der Waals surface area contributed by atoms with E-state index in [1.165, 1.54) is 6.07 Å². The Hall–Kier alpha value is -1.61. The van der Waals surface area contributed by atoms with Gasteiger partial charge in [0.25, 0.3) is 5.24 Å². The number of aromatic nitrogens is 1. The van der Waals surface area contributed by atoms with Crippen LogP contribution in [0.3, 0.4) is 0 Å². The Bertz CT molecular complexity index is 450. The van der Waals surface area contributed by atoms with Crippen LogP contribution in [0.1, 0.15) is 21.5 Å². The molecule has 0 radical (unpaired) electrons. The van der Waals surface area contributed by atoms with Crippen molar-refractivity contribution < 1.29 is 18.0 Å². The second kappa shape index (κ2) is 3.87. The molecule has 78 valence electrons. The molecule has 0 aliphatic rings. The van der Waals surface area contributed by atoms with E-state index in [2.05, 4.69) is 4.98 Å². The summed E-state index contributed by atoms with van der Waals surface area (Å²) >= 11 is 4.98. The molecule has 0 bridgehead atoms. The Labute approximate surface area is 87.1 Å². The summed E-state index contributed by atoms with van der Waals surface area (Å²) in [5.41, 5.74) is -2.66. The van der Waals surface area contributed by atoms with Crippen LogP contribution in [-0.4, -0.2) is 10.2 Å². The Morgan fingerprint density at radius 3 is 2.47 bits per heavy atom. The van der Waals surface area contributed by atoms with Crippen molar-refractivity contribution >= 4 is 16.8 Å². The first-order valence-corrected chi connectivity index (χ1v) is 3.91. The van der Waals surface area contributed by atoms with Crippen LogP contribution in [0.4, 0.5) is 13.2 Å². The van der Waals surface area contributed by atoms with Gasteiger partial charge in [0.2, 0.25) is 0 Å². The highest BCUT2D eigenvalue weighted by molar-refractivity contribution is 6.68. The molecule has 0 amide bonds. The van der Waals surface area contributed by atoms with Crippen LogP contribution in [0, 0.1) is 11.3 Å². The summed E-state index contributed by atoms with van der Waals surface area (Å²) in [5, 5.41) is 7.16. The first-order valence-electron chi connectivity index (χ1n) is 3.53. The summed E-state index contributed by atoms with van der Waals surface area (Å²) in [7, 11) is 0. The summed E-state index contributed by atoms with van der Waals surface area (Å²) in [4.78, 5) is 14.0. The number of nitriles is 1. The minimum atomic E-state index is -4.76. The van der Waals surface area contributed by atoms with E-state index in [1.54, 1.807) is 0 Å². The van der Waals surface area contributed by atoms with Gasteiger partial charge in [-0.15, -0.1) is 0 Å². The predicted molar refractivity (Wildman–Crippen MR) is 44.1 cm³/mol. The third-order valence-corrected chi connectivity index (χ3v) is 1.76. The van der Waals surface area contributed by atoms with Gasteiger partial charge in [-0.25, -0.2) is 0 Å². The standard InChI is InChI=1S/C8H2ClF3N2O/c9-7(15)6-4(1-13)2-14-3-5(6)8(10,11)12/h2-3H. The molecular formula is C8H2ClF3N2O. The fraction of sp³-hybridized carbons (Fsp3) is 0.125. The highest BCUT2D eigenvalue weighted by Gasteiger charge is 2.36. The number of carbonyl (C=O) groups is 1. The molecule has 0 aliphatic carbocycles. The molecule has 1 aromatic heterocycles. The zero-order valence-corrected chi connectivity index (χ0v) is 7.73. The Morgan fingerprint density at radius 1 is 1.47 bits per heavy atom. The topological polar surface area (TPSA) is 53.8 Å². The second-order valence-corrected chi connectivity index (χ2v) is 2.84. The summed E-state index contributed by atoms with van der Waals surface area (Å²) in [6.07, 6.45) is -3.46. The maximum atomic E-state index is 12.4. The summed E-state index contributed by atoms with van der Waals surface area (Å²) < 4.78 is 37.1. The third kappa shape index (κ3) is 2.25. The minimum absolute atomic E-state index is 0.455. The SMILES string of the molecule is N#Cc1cncc(C(F)(F)F)c1C(=O)Cl. The maximum absolute atomic E-state index is 12.4. The van der Waals surface area contributed by atoms with Gasteiger partial charge in [-0.1, -0.05) is 0 Å². The molecule has 7 heteroatoms. The Balaban J connectivity index is 3.55. The lowest BCUT2D eigenvalue weighted by molar-refractivity contribution is -0.138. The molecule has 0 saturated heterocycles. The van der Waals surface area contributed by atoms with Crippen molar-refractivity contribution in [2.24, 2.45) is 0 Å². The average molecular weight is 235 g/mol. The van der Waals surface area contributed by atoms with Crippen LogP contribution >= 0.6 is 11.6 Å². The van der Waals surface area contributed by atoms with Crippen LogP contribution in [0.25, 0.3) is 0 Å². The minimum Gasteiger partial charge on any atom is -0.276 e. The van der Waals surface area contributed by atoms with Gasteiger partial charge in [-0.05, 0) is 11.6 Å². The normalized spacial score (nSPS) is 10.9. The zero-order valence-electron chi connectivity index (χ0n) is 6.97. The van der Waals surface area contributed by atoms with Gasteiger partial charge in [0.05, 0.1) is 16.7 Å². The lowest BCUT2D eigenvalue weighted by Gasteiger charge is -2.09. The van der Waals surface area contributed by atoms with Crippen molar-refractivity contribution in [1.82, 2.24) is 4.98 Å². The lowest BCUT2D eigenvalue weighted by Crippen LogP contribution is -2.13. The molecule has 1 rings (SSSR count). The predicted octanol–water partition coefficient (Wildman–Crippen LogP) is 2.35. The van der Waals surface area contributed by atoms with E-state index >= 15 is 0 Å². The molecule has 0 N–H and O–H groups in total. The number of pyridine rings is 1. The van der Waals surface area contributed by atoms with Gasteiger partial charge < -0.3 is 0 Å². The van der Waals surface area contributed by atoms with Crippen LogP contribution in [0.2, 0.25) is 0 Å². The summed E-state index contributed by atoms with van der Waals surface area (Å²) in [6.45, 7) is 0. The first kappa shape index (κ1) is 11.5. The number of rotatable bonds is 1. The summed E-state index contributed by atoms with van der Waals surface area (Å²) in [6, 6.07) is 1.42. The van der Waals surface area contributed by atoms with Gasteiger partial charge in [-0.3, -0.25) is 9.78 Å². The van der Waals surface area contributed by atoms with E-state index in [0.717, 1.165) is 6.20 Å². The number of halogens is 4. The molecule has 1 heterocycles. The number of alkyl halides is 3. The molecular weight excluding hydrogens is 233 g/mol. The Morgan fingerprint density at radius 2 is 2.07 bits per heavy atom. The van der Waals surface area contributed by atoms with E-state index in [0.29, 0.717) is 6.20 Å². The number of carbonyl (C=O) groups excluding carboxylic acids is 1. The number of nitrogens with zero attached hydrogens (tertiary/aromatic N) is 2. The molecule has 0 saturated carbocycles. The quantitative estimate of drug-likeness (QED) is 0.701. The van der Waals surface area contributed by atoms with Gasteiger partial charge in [0, 0.05) is 12.4 Å². The Kier molecular flexibility index (Phi) is 2.95. The average Bonchev–Trinajstić information content (AvgIpc) is 2.15. The van der Waals surface area contributed by atoms with Crippen molar-refractivity contribution in [3.05, 3.63) is 29.1 Å². The smallest absolute Gasteiger partial charge is 0.276 e. The molecule has 3 nitrogen and oxygen atoms in total. The van der Waals surface area contributed by atoms with Crippen molar-refractivity contribution in [2.75, 3.05) is 0 Å². The molecule has 15 heavy (non-hydrogen) atoms. The first-order chi connectivity index (χ1) is 6.88. The van der Waals surface area contributed by atoms with E-state index in [-0.39, 0.29) is 0 Å². The van der Waals surface area contributed by atoms with E-state index in [4.69, 9.17) is 16.9 Å². The molecule has 1 aromatic rings. The van der Waals surface area contributed by atoms with Crippen molar-refractivity contribution in [3.63, 3.8) is 0 Å². The molecule has 0 aliphatic heterocycles. The fourth-order valence-corrected chi connectivity index (χ4v) is 1.18. The van der Waals surface area contributed by atoms with Gasteiger partial charge in [-0.2, -0.15) is 18.4 Å². The fourth-order valence-electron chi connectivity index (χ4n) is 0.972. The molecule has 0 spiro atoms. The molecule has 0 fully saturated rings. The maximum Gasteiger partial charge on any atom is 0.418 e. The zero-order chi connectivity index (χ0) is 11.6. The van der Waals surface area contributed by atoms with Gasteiger partial charge in [0.15, 0.2) is 0 Å². The highest BCUT2D eigenvalue weighted by atomic mass is 35.5. The van der Waals surface area contributed by atoms with Crippen LogP contribution in [0.5, 0.6) is 0 Å². The van der Waals surface area contributed by atoms with E-state index in [9.17, 15) is 18.0 Å².